The van der Waals surface area contributed by atoms with Gasteiger partial charge in [-0.1, -0.05) is 24.3 Å². The summed E-state index contributed by atoms with van der Waals surface area (Å²) in [5.74, 6) is -0.457. The van der Waals surface area contributed by atoms with E-state index in [4.69, 9.17) is 5.73 Å². The third-order valence-corrected chi connectivity index (χ3v) is 4.11. The number of ether oxygens (including phenoxy) is 1. The average Bonchev–Trinajstić information content (AvgIpc) is 2.27. The maximum atomic E-state index is 12.1. The van der Waals surface area contributed by atoms with Gasteiger partial charge in [0.15, 0.2) is 0 Å². The summed E-state index contributed by atoms with van der Waals surface area (Å²) < 4.78 is 16.7. The number of nitrogens with two attached hydrogens (primary N) is 1. The minimum Gasteiger partial charge on any atom is -0.468 e. The fourth-order valence-electron chi connectivity index (χ4n) is 1.68. The second-order valence-electron chi connectivity index (χ2n) is 4.31. The summed E-state index contributed by atoms with van der Waals surface area (Å²) in [6, 6.07) is 6.63. The molecule has 2 N–H and O–H groups in total. The number of halogens is 1. The first-order valence-electron chi connectivity index (χ1n) is 5.33. The highest BCUT2D eigenvalue weighted by Gasteiger charge is 2.20. The molecule has 0 aliphatic rings. The lowest BCUT2D eigenvalue weighted by atomic mass is 10.1. The molecule has 1 aromatic rings. The Morgan fingerprint density at radius 1 is 1.39 bits per heavy atom. The Bertz CT molecular complexity index is 458. The third-order valence-electron chi connectivity index (χ3n) is 2.52. The second kappa shape index (κ2) is 6.93. The van der Waals surface area contributed by atoms with Gasteiger partial charge in [0, 0.05) is 5.30 Å². The maximum absolute atomic E-state index is 12.1. The number of benzene rings is 1. The van der Waals surface area contributed by atoms with Gasteiger partial charge in [0.2, 0.25) is 0 Å². The number of carbonyl (C=O) groups excluding carboxylic acids is 1. The lowest BCUT2D eigenvalue weighted by Gasteiger charge is -2.15. The highest BCUT2D eigenvalue weighted by molar-refractivity contribution is 7.70. The van der Waals surface area contributed by atoms with Crippen LogP contribution >= 0.6 is 19.5 Å². The van der Waals surface area contributed by atoms with Crippen molar-refractivity contribution >= 4 is 30.8 Å². The van der Waals surface area contributed by atoms with Crippen molar-refractivity contribution in [1.82, 2.24) is 0 Å². The zero-order valence-corrected chi connectivity index (χ0v) is 12.5. The molecule has 0 aliphatic heterocycles. The molecule has 4 nitrogen and oxygen atoms in total. The van der Waals surface area contributed by atoms with E-state index in [0.717, 1.165) is 10.9 Å². The first-order valence-corrected chi connectivity index (χ1v) is 7.93. The van der Waals surface area contributed by atoms with Gasteiger partial charge in [-0.05, 0) is 25.3 Å². The SMILES string of the molecule is COC(=O)C(N)Cc1ccccc1P(C)(C)=O.Cl. The Morgan fingerprint density at radius 2 is 1.94 bits per heavy atom. The van der Waals surface area contributed by atoms with E-state index in [1.165, 1.54) is 7.11 Å². The molecule has 18 heavy (non-hydrogen) atoms. The van der Waals surface area contributed by atoms with Crippen molar-refractivity contribution < 1.29 is 14.1 Å². The van der Waals surface area contributed by atoms with E-state index in [0.29, 0.717) is 6.42 Å². The topological polar surface area (TPSA) is 69.4 Å². The van der Waals surface area contributed by atoms with E-state index in [1.807, 2.05) is 24.3 Å². The van der Waals surface area contributed by atoms with Gasteiger partial charge in [-0.2, -0.15) is 0 Å². The second-order valence-corrected chi connectivity index (χ2v) is 7.50. The van der Waals surface area contributed by atoms with Crippen LogP contribution in [0.15, 0.2) is 24.3 Å². The van der Waals surface area contributed by atoms with E-state index >= 15 is 0 Å². The highest BCUT2D eigenvalue weighted by atomic mass is 35.5. The zero-order valence-electron chi connectivity index (χ0n) is 10.8. The van der Waals surface area contributed by atoms with Crippen LogP contribution in [0.2, 0.25) is 0 Å². The summed E-state index contributed by atoms with van der Waals surface area (Å²) in [5, 5.41) is 0.777. The van der Waals surface area contributed by atoms with E-state index in [2.05, 4.69) is 4.74 Å². The molecule has 1 rings (SSSR count). The summed E-state index contributed by atoms with van der Waals surface area (Å²) in [6.07, 6.45) is 0.342. The van der Waals surface area contributed by atoms with Crippen LogP contribution in [0.25, 0.3) is 0 Å². The Hall–Kier alpha value is -0.830. The molecular weight excluding hydrogens is 273 g/mol. The van der Waals surface area contributed by atoms with Crippen molar-refractivity contribution in [2.75, 3.05) is 20.4 Å². The number of esters is 1. The summed E-state index contributed by atoms with van der Waals surface area (Å²) >= 11 is 0. The number of hydrogen-bond donors (Lipinski definition) is 1. The summed E-state index contributed by atoms with van der Waals surface area (Å²) in [7, 11) is -1.05. The third kappa shape index (κ3) is 4.45. The predicted octanol–water partition coefficient (Wildman–Crippen LogP) is 1.40. The van der Waals surface area contributed by atoms with Gasteiger partial charge in [0.25, 0.3) is 0 Å². The fraction of sp³-hybridized carbons (Fsp3) is 0.417. The summed E-state index contributed by atoms with van der Waals surface area (Å²) in [5.41, 5.74) is 6.55. The Labute approximate surface area is 114 Å². The van der Waals surface area contributed by atoms with E-state index in [-0.39, 0.29) is 12.4 Å². The van der Waals surface area contributed by atoms with Crippen LogP contribution in [0.3, 0.4) is 0 Å². The predicted molar refractivity (Wildman–Crippen MR) is 76.5 cm³/mol. The molecule has 0 aromatic heterocycles. The maximum Gasteiger partial charge on any atom is 0.322 e. The monoisotopic (exact) mass is 291 g/mol. The lowest BCUT2D eigenvalue weighted by molar-refractivity contribution is -0.142. The Morgan fingerprint density at radius 3 is 2.44 bits per heavy atom. The minimum atomic E-state index is -2.36. The van der Waals surface area contributed by atoms with Gasteiger partial charge < -0.3 is 15.0 Å². The van der Waals surface area contributed by atoms with Gasteiger partial charge in [-0.3, -0.25) is 4.79 Å². The summed E-state index contributed by atoms with van der Waals surface area (Å²) in [6.45, 7) is 3.41. The molecular formula is C12H19ClNO3P. The van der Waals surface area contributed by atoms with Crippen LogP contribution in [0, 0.1) is 0 Å². The molecule has 0 amide bonds. The van der Waals surface area contributed by atoms with Gasteiger partial charge in [-0.25, -0.2) is 0 Å². The molecule has 1 unspecified atom stereocenters. The van der Waals surface area contributed by atoms with Crippen molar-refractivity contribution in [3.05, 3.63) is 29.8 Å². The molecule has 0 saturated heterocycles. The molecule has 1 atom stereocenters. The van der Waals surface area contributed by atoms with Gasteiger partial charge in [0.05, 0.1) is 7.11 Å². The van der Waals surface area contributed by atoms with Crippen molar-refractivity contribution in [1.29, 1.82) is 0 Å². The first kappa shape index (κ1) is 17.2. The number of methoxy groups -OCH3 is 1. The van der Waals surface area contributed by atoms with E-state index < -0.39 is 19.2 Å². The summed E-state index contributed by atoms with van der Waals surface area (Å²) in [4.78, 5) is 11.3. The molecule has 102 valence electrons. The molecule has 0 saturated carbocycles. The standard InChI is InChI=1S/C12H18NO3P.ClH/c1-16-12(14)10(13)8-9-6-4-5-7-11(9)17(2,3)15;/h4-7,10H,8,13H2,1-3H3;1H. The van der Waals surface area contributed by atoms with Crippen LogP contribution in [-0.4, -0.2) is 32.5 Å². The fourth-order valence-corrected chi connectivity index (χ4v) is 2.98. The molecule has 0 fully saturated rings. The van der Waals surface area contributed by atoms with Crippen LogP contribution in [0.5, 0.6) is 0 Å². The van der Waals surface area contributed by atoms with Crippen molar-refractivity contribution in [2.24, 2.45) is 5.73 Å². The Kier molecular flexibility index (Phi) is 6.61. The minimum absolute atomic E-state index is 0. The number of carbonyl (C=O) groups is 1. The number of hydrogen-bond acceptors (Lipinski definition) is 4. The quantitative estimate of drug-likeness (QED) is 0.672. The lowest BCUT2D eigenvalue weighted by Crippen LogP contribution is -2.35. The van der Waals surface area contributed by atoms with Gasteiger partial charge >= 0.3 is 5.97 Å². The normalized spacial score (nSPS) is 12.4. The molecule has 0 heterocycles. The van der Waals surface area contributed by atoms with Crippen LogP contribution in [0.1, 0.15) is 5.56 Å². The van der Waals surface area contributed by atoms with Crippen molar-refractivity contribution in [3.63, 3.8) is 0 Å². The molecule has 0 radical (unpaired) electrons. The van der Waals surface area contributed by atoms with Gasteiger partial charge in [-0.15, -0.1) is 12.4 Å². The smallest absolute Gasteiger partial charge is 0.322 e. The van der Waals surface area contributed by atoms with Crippen molar-refractivity contribution in [2.45, 2.75) is 12.5 Å². The number of rotatable bonds is 4. The van der Waals surface area contributed by atoms with E-state index in [1.54, 1.807) is 13.3 Å². The Balaban J connectivity index is 0.00000289. The average molecular weight is 292 g/mol. The molecule has 1 aromatic carbocycles. The van der Waals surface area contributed by atoms with Crippen LogP contribution in [0.4, 0.5) is 0 Å². The van der Waals surface area contributed by atoms with Crippen LogP contribution in [-0.2, 0) is 20.5 Å². The molecule has 0 spiro atoms. The van der Waals surface area contributed by atoms with Crippen LogP contribution < -0.4 is 11.0 Å². The largest absolute Gasteiger partial charge is 0.468 e. The molecule has 0 aliphatic carbocycles. The van der Waals surface area contributed by atoms with Crippen molar-refractivity contribution in [3.8, 4) is 0 Å². The molecule has 0 bridgehead atoms. The first-order chi connectivity index (χ1) is 7.86. The van der Waals surface area contributed by atoms with Gasteiger partial charge in [0.1, 0.15) is 13.2 Å². The zero-order chi connectivity index (χ0) is 13.1. The molecule has 6 heteroatoms. The van der Waals surface area contributed by atoms with E-state index in [9.17, 15) is 9.36 Å². The highest BCUT2D eigenvalue weighted by Crippen LogP contribution is 2.36.